The van der Waals surface area contributed by atoms with E-state index in [-0.39, 0.29) is 17.0 Å². The molecule has 0 bridgehead atoms. The zero-order valence-electron chi connectivity index (χ0n) is 15.8. The molecule has 2 N–H and O–H groups in total. The van der Waals surface area contributed by atoms with Gasteiger partial charge in [0, 0.05) is 5.69 Å². The molecule has 0 spiro atoms. The lowest BCUT2D eigenvalue weighted by atomic mass is 10.1. The highest BCUT2D eigenvalue weighted by Gasteiger charge is 2.36. The molecule has 1 saturated heterocycles. The van der Waals surface area contributed by atoms with Gasteiger partial charge in [-0.3, -0.25) is 19.3 Å². The van der Waals surface area contributed by atoms with Crippen molar-refractivity contribution in [1.29, 1.82) is 0 Å². The normalized spacial score (nSPS) is 15.1. The molecule has 0 atom stereocenters. The molecule has 148 valence electrons. The van der Waals surface area contributed by atoms with Crippen LogP contribution in [0, 0.1) is 13.8 Å². The number of rotatable bonds is 5. The Hall–Kier alpha value is -3.39. The number of thioether (sulfide) groups is 1. The van der Waals surface area contributed by atoms with Gasteiger partial charge in [0.15, 0.2) is 0 Å². The molecule has 7 nitrogen and oxygen atoms in total. The van der Waals surface area contributed by atoms with E-state index in [2.05, 4.69) is 5.32 Å². The number of carbonyl (C=O) groups is 4. The third kappa shape index (κ3) is 4.55. The maximum absolute atomic E-state index is 12.6. The van der Waals surface area contributed by atoms with Gasteiger partial charge >= 0.3 is 5.97 Å². The SMILES string of the molecule is Cc1cccc(C)c1NC(=O)CN1C(=O)S/C(=C\c2ccc(C(=O)O)cc2)C1=O. The Morgan fingerprint density at radius 3 is 2.28 bits per heavy atom. The Bertz CT molecular complexity index is 1020. The van der Waals surface area contributed by atoms with Crippen LogP contribution in [0.15, 0.2) is 47.4 Å². The van der Waals surface area contributed by atoms with Crippen molar-refractivity contribution in [2.24, 2.45) is 0 Å². The zero-order valence-corrected chi connectivity index (χ0v) is 16.6. The third-order valence-corrected chi connectivity index (χ3v) is 5.28. The Kier molecular flexibility index (Phi) is 5.84. The van der Waals surface area contributed by atoms with Crippen molar-refractivity contribution in [2.75, 3.05) is 11.9 Å². The minimum atomic E-state index is -1.05. The second kappa shape index (κ2) is 8.32. The van der Waals surface area contributed by atoms with Crippen LogP contribution in [0.3, 0.4) is 0 Å². The van der Waals surface area contributed by atoms with Crippen LogP contribution in [0.25, 0.3) is 6.08 Å². The lowest BCUT2D eigenvalue weighted by Crippen LogP contribution is -2.36. The van der Waals surface area contributed by atoms with Gasteiger partial charge in [0.25, 0.3) is 11.1 Å². The number of amides is 3. The van der Waals surface area contributed by atoms with Gasteiger partial charge in [0.05, 0.1) is 10.5 Å². The van der Waals surface area contributed by atoms with E-state index in [1.807, 2.05) is 32.0 Å². The summed E-state index contributed by atoms with van der Waals surface area (Å²) in [5.41, 5.74) is 3.15. The van der Waals surface area contributed by atoms with E-state index >= 15 is 0 Å². The number of hydrogen-bond acceptors (Lipinski definition) is 5. The molecule has 1 aliphatic rings. The van der Waals surface area contributed by atoms with Crippen LogP contribution in [-0.4, -0.2) is 39.6 Å². The Morgan fingerprint density at radius 2 is 1.69 bits per heavy atom. The molecule has 0 unspecified atom stereocenters. The Labute approximate surface area is 171 Å². The van der Waals surface area contributed by atoms with E-state index < -0.39 is 23.0 Å². The van der Waals surface area contributed by atoms with Crippen molar-refractivity contribution >= 4 is 46.5 Å². The molecule has 1 fully saturated rings. The van der Waals surface area contributed by atoms with Gasteiger partial charge in [0.1, 0.15) is 6.54 Å². The highest BCUT2D eigenvalue weighted by atomic mass is 32.2. The van der Waals surface area contributed by atoms with Crippen molar-refractivity contribution < 1.29 is 24.3 Å². The van der Waals surface area contributed by atoms with Crippen molar-refractivity contribution in [3.05, 3.63) is 69.6 Å². The first-order chi connectivity index (χ1) is 13.8. The summed E-state index contributed by atoms with van der Waals surface area (Å²) in [6, 6.07) is 11.5. The van der Waals surface area contributed by atoms with Crippen LogP contribution in [0.4, 0.5) is 10.5 Å². The summed E-state index contributed by atoms with van der Waals surface area (Å²) in [5, 5.41) is 11.2. The summed E-state index contributed by atoms with van der Waals surface area (Å²) < 4.78 is 0. The number of benzene rings is 2. The molecular formula is C21H18N2O5S. The van der Waals surface area contributed by atoms with E-state index in [9.17, 15) is 19.2 Å². The average Bonchev–Trinajstić information content (AvgIpc) is 2.92. The van der Waals surface area contributed by atoms with Gasteiger partial charge in [-0.1, -0.05) is 30.3 Å². The number of aromatic carboxylic acids is 1. The van der Waals surface area contributed by atoms with E-state index in [0.29, 0.717) is 11.3 Å². The van der Waals surface area contributed by atoms with Crippen molar-refractivity contribution in [1.82, 2.24) is 4.90 Å². The number of nitrogens with one attached hydrogen (secondary N) is 1. The second-order valence-corrected chi connectivity index (χ2v) is 7.50. The van der Waals surface area contributed by atoms with E-state index in [1.54, 1.807) is 12.1 Å². The maximum atomic E-state index is 12.6. The summed E-state index contributed by atoms with van der Waals surface area (Å²) in [4.78, 5) is 49.1. The van der Waals surface area contributed by atoms with Gasteiger partial charge in [-0.05, 0) is 60.5 Å². The third-order valence-electron chi connectivity index (χ3n) is 4.38. The zero-order chi connectivity index (χ0) is 21.1. The summed E-state index contributed by atoms with van der Waals surface area (Å²) in [5.74, 6) is -2.07. The first-order valence-electron chi connectivity index (χ1n) is 8.71. The number of carbonyl (C=O) groups excluding carboxylic acids is 3. The first kappa shape index (κ1) is 20.3. The topological polar surface area (TPSA) is 104 Å². The molecule has 1 aliphatic heterocycles. The van der Waals surface area contributed by atoms with Crippen LogP contribution in [-0.2, 0) is 9.59 Å². The van der Waals surface area contributed by atoms with Crippen LogP contribution < -0.4 is 5.32 Å². The Balaban J connectivity index is 1.71. The van der Waals surface area contributed by atoms with Gasteiger partial charge in [-0.15, -0.1) is 0 Å². The molecule has 0 aromatic heterocycles. The molecule has 2 aromatic carbocycles. The largest absolute Gasteiger partial charge is 0.478 e. The molecule has 8 heteroatoms. The standard InChI is InChI=1S/C21H18N2O5S/c1-12-4-3-5-13(2)18(12)22-17(24)11-23-19(25)16(29-21(23)28)10-14-6-8-15(9-7-14)20(26)27/h3-10H,11H2,1-2H3,(H,22,24)(H,26,27)/b16-10-. The number of para-hydroxylation sites is 1. The average molecular weight is 410 g/mol. The lowest BCUT2D eigenvalue weighted by molar-refractivity contribution is -0.127. The van der Waals surface area contributed by atoms with Gasteiger partial charge in [-0.2, -0.15) is 0 Å². The van der Waals surface area contributed by atoms with Crippen LogP contribution >= 0.6 is 11.8 Å². The molecule has 1 heterocycles. The molecule has 0 aliphatic carbocycles. The van der Waals surface area contributed by atoms with Crippen molar-refractivity contribution in [2.45, 2.75) is 13.8 Å². The summed E-state index contributed by atoms with van der Waals surface area (Å²) >= 11 is 0.744. The number of hydrogen-bond donors (Lipinski definition) is 2. The van der Waals surface area contributed by atoms with E-state index in [4.69, 9.17) is 5.11 Å². The minimum absolute atomic E-state index is 0.124. The summed E-state index contributed by atoms with van der Waals surface area (Å²) in [7, 11) is 0. The van der Waals surface area contributed by atoms with Gasteiger partial charge in [0.2, 0.25) is 5.91 Å². The lowest BCUT2D eigenvalue weighted by Gasteiger charge is -2.15. The van der Waals surface area contributed by atoms with Crippen LogP contribution in [0.5, 0.6) is 0 Å². The number of anilines is 1. The van der Waals surface area contributed by atoms with E-state index in [1.165, 1.54) is 18.2 Å². The number of aryl methyl sites for hydroxylation is 2. The Morgan fingerprint density at radius 1 is 1.07 bits per heavy atom. The molecule has 2 aromatic rings. The quantitative estimate of drug-likeness (QED) is 0.729. The smallest absolute Gasteiger partial charge is 0.335 e. The number of imide groups is 1. The van der Waals surface area contributed by atoms with Crippen molar-refractivity contribution in [3.8, 4) is 0 Å². The molecule has 3 amide bonds. The molecule has 0 saturated carbocycles. The van der Waals surface area contributed by atoms with Gasteiger partial charge < -0.3 is 10.4 Å². The molecule has 3 rings (SSSR count). The van der Waals surface area contributed by atoms with Crippen molar-refractivity contribution in [3.63, 3.8) is 0 Å². The van der Waals surface area contributed by atoms with Crippen LogP contribution in [0.2, 0.25) is 0 Å². The predicted molar refractivity (Wildman–Crippen MR) is 111 cm³/mol. The fourth-order valence-electron chi connectivity index (χ4n) is 2.84. The number of carboxylic acid groups (broad SMARTS) is 1. The predicted octanol–water partition coefficient (Wildman–Crippen LogP) is 3.68. The highest BCUT2D eigenvalue weighted by molar-refractivity contribution is 8.18. The molecule has 29 heavy (non-hydrogen) atoms. The fraction of sp³-hybridized carbons (Fsp3) is 0.143. The highest BCUT2D eigenvalue weighted by Crippen LogP contribution is 2.32. The minimum Gasteiger partial charge on any atom is -0.478 e. The fourth-order valence-corrected chi connectivity index (χ4v) is 3.68. The maximum Gasteiger partial charge on any atom is 0.335 e. The number of nitrogens with zero attached hydrogens (tertiary/aromatic N) is 1. The van der Waals surface area contributed by atoms with Crippen LogP contribution in [0.1, 0.15) is 27.0 Å². The van der Waals surface area contributed by atoms with E-state index in [0.717, 1.165) is 27.8 Å². The summed E-state index contributed by atoms with van der Waals surface area (Å²) in [6.07, 6.45) is 1.50. The number of carboxylic acids is 1. The molecular weight excluding hydrogens is 392 g/mol. The molecule has 0 radical (unpaired) electrons. The first-order valence-corrected chi connectivity index (χ1v) is 9.52. The monoisotopic (exact) mass is 410 g/mol. The van der Waals surface area contributed by atoms with Gasteiger partial charge in [-0.25, -0.2) is 4.79 Å². The second-order valence-electron chi connectivity index (χ2n) is 6.51. The summed E-state index contributed by atoms with van der Waals surface area (Å²) in [6.45, 7) is 3.34.